The lowest BCUT2D eigenvalue weighted by atomic mass is 9.89. The predicted molar refractivity (Wildman–Crippen MR) is 106 cm³/mol. The molecule has 2 amide bonds. The second-order valence-corrected chi connectivity index (χ2v) is 8.38. The molecule has 26 heavy (non-hydrogen) atoms. The number of halogens is 1. The van der Waals surface area contributed by atoms with Gasteiger partial charge in [-0.15, -0.1) is 0 Å². The van der Waals surface area contributed by atoms with Gasteiger partial charge in [-0.05, 0) is 70.2 Å². The summed E-state index contributed by atoms with van der Waals surface area (Å²) in [5, 5.41) is -0.175. The van der Waals surface area contributed by atoms with Crippen molar-refractivity contribution in [1.29, 1.82) is 0 Å². The SMILES string of the molecule is COc1cc(/C=C2\SC(=O)N(CC3CCCCC3)C2=O)cc(Br)c1OC. The van der Waals surface area contributed by atoms with Crippen molar-refractivity contribution in [3.63, 3.8) is 0 Å². The van der Waals surface area contributed by atoms with E-state index in [0.717, 1.165) is 34.6 Å². The highest BCUT2D eigenvalue weighted by Gasteiger charge is 2.36. The zero-order valence-electron chi connectivity index (χ0n) is 14.9. The molecule has 2 aliphatic rings. The third-order valence-corrected chi connectivity index (χ3v) is 6.29. The molecule has 1 aromatic carbocycles. The molecular formula is C19H22BrNO4S. The second-order valence-electron chi connectivity index (χ2n) is 6.53. The number of methoxy groups -OCH3 is 2. The average molecular weight is 440 g/mol. The molecule has 0 unspecified atom stereocenters. The van der Waals surface area contributed by atoms with Gasteiger partial charge in [-0.25, -0.2) is 0 Å². The number of amides is 2. The Labute approximate surface area is 166 Å². The Morgan fingerprint density at radius 3 is 2.58 bits per heavy atom. The summed E-state index contributed by atoms with van der Waals surface area (Å²) in [5.74, 6) is 1.40. The van der Waals surface area contributed by atoms with E-state index in [4.69, 9.17) is 9.47 Å². The number of rotatable bonds is 5. The fourth-order valence-electron chi connectivity index (χ4n) is 3.46. The van der Waals surface area contributed by atoms with Gasteiger partial charge in [-0.1, -0.05) is 19.3 Å². The molecule has 1 saturated carbocycles. The van der Waals surface area contributed by atoms with Crippen molar-refractivity contribution in [2.24, 2.45) is 5.92 Å². The molecule has 0 radical (unpaired) electrons. The Kier molecular flexibility index (Phi) is 6.29. The Hall–Kier alpha value is -1.47. The monoisotopic (exact) mass is 439 g/mol. The predicted octanol–water partition coefficient (Wildman–Crippen LogP) is 5.08. The molecular weight excluding hydrogens is 418 g/mol. The van der Waals surface area contributed by atoms with Crippen molar-refractivity contribution in [3.8, 4) is 11.5 Å². The molecule has 5 nitrogen and oxygen atoms in total. The van der Waals surface area contributed by atoms with Crippen LogP contribution < -0.4 is 9.47 Å². The van der Waals surface area contributed by atoms with Gasteiger partial charge in [0.05, 0.1) is 23.6 Å². The lowest BCUT2D eigenvalue weighted by Crippen LogP contribution is -2.34. The zero-order valence-corrected chi connectivity index (χ0v) is 17.3. The van der Waals surface area contributed by atoms with Gasteiger partial charge in [0.1, 0.15) is 0 Å². The average Bonchev–Trinajstić information content (AvgIpc) is 2.89. The third kappa shape index (κ3) is 4.09. The fourth-order valence-corrected chi connectivity index (χ4v) is 4.93. The van der Waals surface area contributed by atoms with Crippen LogP contribution in [0.3, 0.4) is 0 Å². The van der Waals surface area contributed by atoms with Crippen LogP contribution in [0.4, 0.5) is 4.79 Å². The van der Waals surface area contributed by atoms with Crippen LogP contribution in [0.1, 0.15) is 37.7 Å². The standard InChI is InChI=1S/C19H22BrNO4S/c1-24-15-9-13(8-14(20)17(15)25-2)10-16-18(22)21(19(23)26-16)11-12-6-4-3-5-7-12/h8-10,12H,3-7,11H2,1-2H3/b16-10-. The van der Waals surface area contributed by atoms with Gasteiger partial charge in [0.25, 0.3) is 11.1 Å². The van der Waals surface area contributed by atoms with E-state index >= 15 is 0 Å². The van der Waals surface area contributed by atoms with Crippen LogP contribution >= 0.6 is 27.7 Å². The normalized spacial score (nSPS) is 20.1. The number of thioether (sulfide) groups is 1. The number of carbonyl (C=O) groups is 2. The van der Waals surface area contributed by atoms with Crippen molar-refractivity contribution in [2.75, 3.05) is 20.8 Å². The van der Waals surface area contributed by atoms with Crippen molar-refractivity contribution in [1.82, 2.24) is 4.90 Å². The molecule has 1 aromatic rings. The molecule has 0 atom stereocenters. The van der Waals surface area contributed by atoms with E-state index < -0.39 is 0 Å². The highest BCUT2D eigenvalue weighted by molar-refractivity contribution is 9.10. The summed E-state index contributed by atoms with van der Waals surface area (Å²) in [7, 11) is 3.13. The Morgan fingerprint density at radius 2 is 1.92 bits per heavy atom. The maximum Gasteiger partial charge on any atom is 0.293 e. The molecule has 0 spiro atoms. The molecule has 1 aliphatic heterocycles. The van der Waals surface area contributed by atoms with Crippen LogP contribution in [0.2, 0.25) is 0 Å². The van der Waals surface area contributed by atoms with Crippen LogP contribution in [-0.4, -0.2) is 36.8 Å². The third-order valence-electron chi connectivity index (χ3n) is 4.79. The van der Waals surface area contributed by atoms with E-state index in [1.165, 1.54) is 24.2 Å². The highest BCUT2D eigenvalue weighted by atomic mass is 79.9. The van der Waals surface area contributed by atoms with Gasteiger partial charge in [-0.3, -0.25) is 14.5 Å². The maximum atomic E-state index is 12.7. The number of carbonyl (C=O) groups excluding carboxylic acids is 2. The van der Waals surface area contributed by atoms with Crippen molar-refractivity contribution in [2.45, 2.75) is 32.1 Å². The van der Waals surface area contributed by atoms with Crippen LogP contribution in [-0.2, 0) is 4.79 Å². The number of ether oxygens (including phenoxy) is 2. The zero-order chi connectivity index (χ0) is 18.7. The van der Waals surface area contributed by atoms with Crippen LogP contribution in [0.5, 0.6) is 11.5 Å². The van der Waals surface area contributed by atoms with Gasteiger partial charge in [0.2, 0.25) is 0 Å². The summed E-state index contributed by atoms with van der Waals surface area (Å²) in [4.78, 5) is 26.9. The first-order valence-electron chi connectivity index (χ1n) is 8.70. The van der Waals surface area contributed by atoms with E-state index in [9.17, 15) is 9.59 Å². The number of hydrogen-bond donors (Lipinski definition) is 0. The van der Waals surface area contributed by atoms with E-state index in [2.05, 4.69) is 15.9 Å². The van der Waals surface area contributed by atoms with E-state index in [0.29, 0.717) is 28.9 Å². The van der Waals surface area contributed by atoms with Crippen LogP contribution in [0.25, 0.3) is 6.08 Å². The molecule has 1 heterocycles. The van der Waals surface area contributed by atoms with Gasteiger partial charge in [-0.2, -0.15) is 0 Å². The topological polar surface area (TPSA) is 55.8 Å². The van der Waals surface area contributed by atoms with Gasteiger partial charge in [0, 0.05) is 6.54 Å². The quantitative estimate of drug-likeness (QED) is 0.598. The minimum Gasteiger partial charge on any atom is -0.493 e. The molecule has 1 aliphatic carbocycles. The molecule has 7 heteroatoms. The summed E-state index contributed by atoms with van der Waals surface area (Å²) in [6.07, 6.45) is 7.57. The van der Waals surface area contributed by atoms with Crippen LogP contribution in [0.15, 0.2) is 21.5 Å². The smallest absolute Gasteiger partial charge is 0.293 e. The molecule has 1 saturated heterocycles. The number of imide groups is 1. The minimum absolute atomic E-state index is 0.175. The van der Waals surface area contributed by atoms with E-state index in [1.54, 1.807) is 26.4 Å². The van der Waals surface area contributed by atoms with E-state index in [-0.39, 0.29) is 11.1 Å². The largest absolute Gasteiger partial charge is 0.493 e. The molecule has 0 bridgehead atoms. The first kappa shape index (κ1) is 19.3. The summed E-state index contributed by atoms with van der Waals surface area (Å²) < 4.78 is 11.4. The summed E-state index contributed by atoms with van der Waals surface area (Å²) in [6.45, 7) is 0.539. The van der Waals surface area contributed by atoms with Gasteiger partial charge in [0.15, 0.2) is 11.5 Å². The Morgan fingerprint density at radius 1 is 1.19 bits per heavy atom. The maximum absolute atomic E-state index is 12.7. The summed E-state index contributed by atoms with van der Waals surface area (Å²) >= 11 is 4.46. The van der Waals surface area contributed by atoms with E-state index in [1.807, 2.05) is 6.07 Å². The number of benzene rings is 1. The first-order valence-corrected chi connectivity index (χ1v) is 10.3. The lowest BCUT2D eigenvalue weighted by molar-refractivity contribution is -0.123. The molecule has 140 valence electrons. The van der Waals surface area contributed by atoms with Crippen molar-refractivity contribution in [3.05, 3.63) is 27.1 Å². The van der Waals surface area contributed by atoms with Crippen LogP contribution in [0, 0.1) is 5.92 Å². The Bertz CT molecular complexity index is 743. The molecule has 3 rings (SSSR count). The summed E-state index contributed by atoms with van der Waals surface area (Å²) in [5.41, 5.74) is 0.776. The van der Waals surface area contributed by atoms with Crippen molar-refractivity contribution < 1.29 is 19.1 Å². The fraction of sp³-hybridized carbons (Fsp3) is 0.474. The number of hydrogen-bond acceptors (Lipinski definition) is 5. The first-order chi connectivity index (χ1) is 12.5. The molecule has 2 fully saturated rings. The molecule has 0 aromatic heterocycles. The Balaban J connectivity index is 1.80. The minimum atomic E-state index is -0.198. The van der Waals surface area contributed by atoms with Crippen molar-refractivity contribution >= 4 is 44.9 Å². The highest BCUT2D eigenvalue weighted by Crippen LogP contribution is 2.39. The van der Waals surface area contributed by atoms with Gasteiger partial charge >= 0.3 is 0 Å². The number of nitrogens with zero attached hydrogens (tertiary/aromatic N) is 1. The summed E-state index contributed by atoms with van der Waals surface area (Å²) in [6, 6.07) is 3.63. The lowest BCUT2D eigenvalue weighted by Gasteiger charge is -2.25. The second kappa shape index (κ2) is 8.48. The molecule has 0 N–H and O–H groups in total. The van der Waals surface area contributed by atoms with Gasteiger partial charge < -0.3 is 9.47 Å².